The third-order valence-corrected chi connectivity index (χ3v) is 5.26. The molecule has 0 spiro atoms. The predicted octanol–water partition coefficient (Wildman–Crippen LogP) is 1.95. The van der Waals surface area contributed by atoms with Crippen molar-refractivity contribution >= 4 is 22.7 Å². The van der Waals surface area contributed by atoms with Crippen LogP contribution in [0.1, 0.15) is 11.1 Å². The molecule has 1 saturated heterocycles. The van der Waals surface area contributed by atoms with Gasteiger partial charge >= 0.3 is 0 Å². The van der Waals surface area contributed by atoms with Gasteiger partial charge in [-0.15, -0.1) is 0 Å². The fraction of sp³-hybridized carbons (Fsp3) is 0.273. The first-order valence-electron chi connectivity index (χ1n) is 9.45. The highest BCUT2D eigenvalue weighted by molar-refractivity contribution is 5.97. The van der Waals surface area contributed by atoms with E-state index in [4.69, 9.17) is 9.47 Å². The Balaban J connectivity index is 1.45. The maximum Gasteiger partial charge on any atom is 0.243 e. The molecule has 0 bridgehead atoms. The summed E-state index contributed by atoms with van der Waals surface area (Å²) in [7, 11) is 3.22. The minimum absolute atomic E-state index is 0.178. The topological polar surface area (TPSA) is 92.4 Å². The minimum Gasteiger partial charge on any atom is -0.497 e. The number of carbonyl (C=O) groups is 2. The van der Waals surface area contributed by atoms with Gasteiger partial charge in [-0.2, -0.15) is 0 Å². The lowest BCUT2D eigenvalue weighted by molar-refractivity contribution is -0.136. The summed E-state index contributed by atoms with van der Waals surface area (Å²) in [5.74, 6) is 1.14. The van der Waals surface area contributed by atoms with Crippen molar-refractivity contribution in [3.05, 3.63) is 59.8 Å². The van der Waals surface area contributed by atoms with Crippen molar-refractivity contribution in [1.29, 1.82) is 0 Å². The second-order valence-electron chi connectivity index (χ2n) is 7.10. The molecule has 4 rings (SSSR count). The van der Waals surface area contributed by atoms with Crippen LogP contribution in [0.4, 0.5) is 0 Å². The summed E-state index contributed by atoms with van der Waals surface area (Å²) in [6.45, 7) is 0. The molecule has 1 aliphatic rings. The Hall–Kier alpha value is -3.48. The zero-order chi connectivity index (χ0) is 20.4. The van der Waals surface area contributed by atoms with Gasteiger partial charge in [-0.25, -0.2) is 0 Å². The summed E-state index contributed by atoms with van der Waals surface area (Å²) in [6, 6.07) is 12.0. The molecule has 29 heavy (non-hydrogen) atoms. The standard InChI is InChI=1S/C22H23N3O4/c1-28-15-5-3-13(4-6-15)9-19-21(26)25-20(22(27)24-19)10-14-12-23-18-8-7-16(29-2)11-17(14)18/h3-8,11-12,19-20,23H,9-10H2,1-2H3,(H,24,27)(H,25,26)/t19-,20-/m0/s1. The van der Waals surface area contributed by atoms with E-state index in [0.29, 0.717) is 12.8 Å². The van der Waals surface area contributed by atoms with Crippen molar-refractivity contribution in [3.8, 4) is 11.5 Å². The van der Waals surface area contributed by atoms with Gasteiger partial charge in [0.25, 0.3) is 0 Å². The van der Waals surface area contributed by atoms with E-state index >= 15 is 0 Å². The van der Waals surface area contributed by atoms with Crippen LogP contribution in [0.2, 0.25) is 0 Å². The van der Waals surface area contributed by atoms with Gasteiger partial charge in [0.1, 0.15) is 23.6 Å². The van der Waals surface area contributed by atoms with Crippen molar-refractivity contribution < 1.29 is 19.1 Å². The fourth-order valence-electron chi connectivity index (χ4n) is 3.63. The van der Waals surface area contributed by atoms with Gasteiger partial charge < -0.3 is 25.1 Å². The number of fused-ring (bicyclic) bond motifs is 1. The first-order chi connectivity index (χ1) is 14.1. The summed E-state index contributed by atoms with van der Waals surface area (Å²) in [5, 5.41) is 6.71. The second kappa shape index (κ2) is 7.87. The van der Waals surface area contributed by atoms with E-state index in [2.05, 4.69) is 15.6 Å². The maximum absolute atomic E-state index is 12.6. The Morgan fingerprint density at radius 2 is 1.45 bits per heavy atom. The number of piperazine rings is 1. The lowest BCUT2D eigenvalue weighted by Crippen LogP contribution is -2.62. The van der Waals surface area contributed by atoms with Crippen LogP contribution in [0.15, 0.2) is 48.7 Å². The van der Waals surface area contributed by atoms with Gasteiger partial charge in [0.15, 0.2) is 0 Å². The number of aromatic nitrogens is 1. The lowest BCUT2D eigenvalue weighted by atomic mass is 9.98. The molecule has 2 heterocycles. The molecule has 2 amide bonds. The van der Waals surface area contributed by atoms with Gasteiger partial charge in [0.2, 0.25) is 11.8 Å². The van der Waals surface area contributed by atoms with E-state index in [1.54, 1.807) is 14.2 Å². The van der Waals surface area contributed by atoms with E-state index in [1.807, 2.05) is 48.7 Å². The Kier molecular flexibility index (Phi) is 5.12. The van der Waals surface area contributed by atoms with Crippen LogP contribution in [0.25, 0.3) is 10.9 Å². The average Bonchev–Trinajstić information content (AvgIpc) is 3.14. The number of hydrogen-bond acceptors (Lipinski definition) is 4. The Labute approximate surface area is 168 Å². The molecule has 0 saturated carbocycles. The fourth-order valence-corrected chi connectivity index (χ4v) is 3.63. The maximum atomic E-state index is 12.6. The molecule has 7 nitrogen and oxygen atoms in total. The van der Waals surface area contributed by atoms with Gasteiger partial charge in [-0.1, -0.05) is 12.1 Å². The largest absolute Gasteiger partial charge is 0.497 e. The zero-order valence-electron chi connectivity index (χ0n) is 16.3. The number of hydrogen-bond donors (Lipinski definition) is 3. The molecule has 3 N–H and O–H groups in total. The van der Waals surface area contributed by atoms with Crippen molar-refractivity contribution in [2.24, 2.45) is 0 Å². The minimum atomic E-state index is -0.611. The quantitative estimate of drug-likeness (QED) is 0.597. The number of aromatic amines is 1. The highest BCUT2D eigenvalue weighted by Crippen LogP contribution is 2.25. The number of methoxy groups -OCH3 is 2. The van der Waals surface area contributed by atoms with Crippen LogP contribution >= 0.6 is 0 Å². The molecule has 150 valence electrons. The molecule has 7 heteroatoms. The molecular weight excluding hydrogens is 370 g/mol. The van der Waals surface area contributed by atoms with Crippen LogP contribution < -0.4 is 20.1 Å². The van der Waals surface area contributed by atoms with Gasteiger partial charge in [-0.3, -0.25) is 9.59 Å². The SMILES string of the molecule is COc1ccc(C[C@@H]2NC(=O)[C@H](Cc3c[nH]c4ccc(OC)cc34)NC2=O)cc1. The summed E-state index contributed by atoms with van der Waals surface area (Å²) in [6.07, 6.45) is 2.70. The van der Waals surface area contributed by atoms with Gasteiger partial charge in [0, 0.05) is 29.9 Å². The summed E-state index contributed by atoms with van der Waals surface area (Å²) < 4.78 is 10.4. The van der Waals surface area contributed by atoms with E-state index in [1.165, 1.54) is 0 Å². The monoisotopic (exact) mass is 393 g/mol. The van der Waals surface area contributed by atoms with Crippen molar-refractivity contribution in [2.75, 3.05) is 14.2 Å². The third kappa shape index (κ3) is 3.89. The molecule has 3 aromatic rings. The molecule has 1 aromatic heterocycles. The number of carbonyl (C=O) groups excluding carboxylic acids is 2. The van der Waals surface area contributed by atoms with E-state index in [-0.39, 0.29) is 11.8 Å². The number of benzene rings is 2. The zero-order valence-corrected chi connectivity index (χ0v) is 16.3. The van der Waals surface area contributed by atoms with Crippen molar-refractivity contribution in [1.82, 2.24) is 15.6 Å². The van der Waals surface area contributed by atoms with Gasteiger partial charge in [-0.05, 0) is 41.5 Å². The van der Waals surface area contributed by atoms with Crippen molar-refractivity contribution in [2.45, 2.75) is 24.9 Å². The number of amides is 2. The highest BCUT2D eigenvalue weighted by Gasteiger charge is 2.34. The molecule has 0 unspecified atom stereocenters. The van der Waals surface area contributed by atoms with Crippen LogP contribution in [0, 0.1) is 0 Å². The third-order valence-electron chi connectivity index (χ3n) is 5.26. The highest BCUT2D eigenvalue weighted by atomic mass is 16.5. The second-order valence-corrected chi connectivity index (χ2v) is 7.10. The smallest absolute Gasteiger partial charge is 0.243 e. The normalized spacial score (nSPS) is 19.0. The molecular formula is C22H23N3O4. The Bertz CT molecular complexity index is 1040. The number of H-pyrrole nitrogens is 1. The number of ether oxygens (including phenoxy) is 2. The summed E-state index contributed by atoms with van der Waals surface area (Å²) in [4.78, 5) is 28.4. The Morgan fingerprint density at radius 3 is 2.10 bits per heavy atom. The molecule has 0 aliphatic carbocycles. The summed E-state index contributed by atoms with van der Waals surface area (Å²) >= 11 is 0. The predicted molar refractivity (Wildman–Crippen MR) is 109 cm³/mol. The van der Waals surface area contributed by atoms with E-state index in [9.17, 15) is 9.59 Å². The first-order valence-corrected chi connectivity index (χ1v) is 9.45. The molecule has 1 aliphatic heterocycles. The van der Waals surface area contributed by atoms with Crippen molar-refractivity contribution in [3.63, 3.8) is 0 Å². The van der Waals surface area contributed by atoms with Gasteiger partial charge in [0.05, 0.1) is 14.2 Å². The van der Waals surface area contributed by atoms with E-state index < -0.39 is 12.1 Å². The average molecular weight is 393 g/mol. The van der Waals surface area contributed by atoms with Crippen LogP contribution in [0.5, 0.6) is 11.5 Å². The molecule has 0 radical (unpaired) electrons. The number of rotatable bonds is 6. The lowest BCUT2D eigenvalue weighted by Gasteiger charge is -2.29. The van der Waals surface area contributed by atoms with Crippen LogP contribution in [-0.4, -0.2) is 43.1 Å². The Morgan fingerprint density at radius 1 is 0.828 bits per heavy atom. The number of nitrogens with one attached hydrogen (secondary N) is 3. The van der Waals surface area contributed by atoms with Crippen LogP contribution in [-0.2, 0) is 22.4 Å². The molecule has 2 atom stereocenters. The van der Waals surface area contributed by atoms with Crippen LogP contribution in [0.3, 0.4) is 0 Å². The summed E-state index contributed by atoms with van der Waals surface area (Å²) in [5.41, 5.74) is 2.86. The molecule has 1 fully saturated rings. The molecule has 2 aromatic carbocycles. The van der Waals surface area contributed by atoms with E-state index in [0.717, 1.165) is 33.5 Å². The first kappa shape index (κ1) is 18.9.